The number of nitrogens with one attached hydrogen (secondary N) is 2. The average Bonchev–Trinajstić information content (AvgIpc) is 3.20. The van der Waals surface area contributed by atoms with Crippen molar-refractivity contribution in [1.82, 2.24) is 10.6 Å². The van der Waals surface area contributed by atoms with Gasteiger partial charge in [0.25, 0.3) is 0 Å². The third-order valence-electron chi connectivity index (χ3n) is 10.1. The van der Waals surface area contributed by atoms with E-state index in [4.69, 9.17) is 36.5 Å². The van der Waals surface area contributed by atoms with E-state index in [1.165, 1.54) is 0 Å². The molecule has 0 unspecified atom stereocenters. The molecule has 60 heavy (non-hydrogen) atoms. The molecule has 0 saturated carbocycles. The first-order chi connectivity index (χ1) is 28.7. The lowest BCUT2D eigenvalue weighted by atomic mass is 9.89. The third kappa shape index (κ3) is 12.3. The molecule has 0 aliphatic carbocycles. The van der Waals surface area contributed by atoms with E-state index in [1.54, 1.807) is 18.2 Å². The van der Waals surface area contributed by atoms with Gasteiger partial charge >= 0.3 is 11.9 Å². The van der Waals surface area contributed by atoms with Crippen LogP contribution in [-0.4, -0.2) is 64.3 Å². The van der Waals surface area contributed by atoms with Gasteiger partial charge in [-0.2, -0.15) is 5.26 Å². The molecule has 312 valence electrons. The van der Waals surface area contributed by atoms with Crippen LogP contribution in [-0.2, 0) is 29.3 Å². The largest absolute Gasteiger partial charge is 0.489 e. The SMILES string of the molecule is C=C(C#N)/C=C(\C)COc1cc(OCc2cccc(-c3cccc(-c4ccc5c(CNC[C@@H](O)CC(=O)O)cccc5c4)c3C)c2C)c(Cl)cc1CNC[C@@H](O)CC(=O)O. The zero-order chi connectivity index (χ0) is 43.3. The number of carboxylic acids is 2. The highest BCUT2D eigenvalue weighted by Gasteiger charge is 2.17. The van der Waals surface area contributed by atoms with E-state index in [1.807, 2.05) is 37.3 Å². The fraction of sp³-hybridized carbons (Fsp3) is 0.271. The summed E-state index contributed by atoms with van der Waals surface area (Å²) in [4.78, 5) is 21.9. The molecule has 0 saturated heterocycles. The van der Waals surface area contributed by atoms with E-state index in [0.717, 1.165) is 60.9 Å². The number of rotatable bonds is 21. The predicted octanol–water partition coefficient (Wildman–Crippen LogP) is 8.28. The van der Waals surface area contributed by atoms with Gasteiger partial charge in [0.1, 0.15) is 24.7 Å². The maximum Gasteiger partial charge on any atom is 0.306 e. The Morgan fingerprint density at radius 3 is 2.05 bits per heavy atom. The number of aliphatic hydroxyl groups is 2. The summed E-state index contributed by atoms with van der Waals surface area (Å²) >= 11 is 6.76. The number of nitrogens with zero attached hydrogens (tertiary/aromatic N) is 1. The maximum absolute atomic E-state index is 11.0. The number of allylic oxidation sites excluding steroid dienone is 2. The number of nitriles is 1. The molecule has 0 bridgehead atoms. The molecular formula is C48H50ClN3O8. The van der Waals surface area contributed by atoms with Crippen molar-refractivity contribution in [2.75, 3.05) is 19.7 Å². The van der Waals surface area contributed by atoms with Crippen molar-refractivity contribution < 1.29 is 39.5 Å². The Bertz CT molecular complexity index is 2440. The van der Waals surface area contributed by atoms with E-state index in [9.17, 15) is 19.8 Å². The van der Waals surface area contributed by atoms with Crippen molar-refractivity contribution in [3.05, 3.63) is 142 Å². The van der Waals surface area contributed by atoms with Crippen LogP contribution < -0.4 is 20.1 Å². The number of benzene rings is 5. The van der Waals surface area contributed by atoms with Crippen LogP contribution >= 0.6 is 11.6 Å². The molecule has 0 amide bonds. The molecule has 5 aromatic carbocycles. The number of hydrogen-bond donors (Lipinski definition) is 6. The van der Waals surface area contributed by atoms with E-state index < -0.39 is 24.1 Å². The topological polar surface area (TPSA) is 181 Å². The highest BCUT2D eigenvalue weighted by atomic mass is 35.5. The molecule has 0 spiro atoms. The van der Waals surface area contributed by atoms with Crippen LogP contribution in [0.2, 0.25) is 5.02 Å². The standard InChI is InChI=1S/C48H50ClN3O8/c1-29(22-50)16-30(2)27-59-45-21-46(44(49)18-37(45)24-52-26-39(54)20-48(57)58)60-28-36-10-6-12-41(31(36)3)42-13-7-11-40(32(42)4)34-14-15-43-33(17-34)8-5-9-35(43)23-51-25-38(53)19-47(55)56/h5-18,21,38-39,51-54H,1,19-20,23-28H2,2-4H3,(H,55,56)(H,57,58)/b30-16+/t38-,39-/m0/s1. The molecule has 5 aromatic rings. The smallest absolute Gasteiger partial charge is 0.306 e. The molecule has 0 heterocycles. The van der Waals surface area contributed by atoms with Crippen molar-refractivity contribution in [2.24, 2.45) is 0 Å². The second-order valence-electron chi connectivity index (χ2n) is 14.8. The minimum atomic E-state index is -1.09. The molecular weight excluding hydrogens is 782 g/mol. The maximum atomic E-state index is 11.0. The molecule has 12 heteroatoms. The van der Waals surface area contributed by atoms with Crippen LogP contribution in [0, 0.1) is 25.2 Å². The number of ether oxygens (including phenoxy) is 2. The summed E-state index contributed by atoms with van der Waals surface area (Å²) in [6, 6.07) is 30.3. The highest BCUT2D eigenvalue weighted by molar-refractivity contribution is 6.32. The molecule has 6 N–H and O–H groups in total. The van der Waals surface area contributed by atoms with E-state index >= 15 is 0 Å². The lowest BCUT2D eigenvalue weighted by Crippen LogP contribution is -2.28. The van der Waals surface area contributed by atoms with Crippen molar-refractivity contribution in [2.45, 2.75) is 65.5 Å². The van der Waals surface area contributed by atoms with Crippen LogP contribution in [0.4, 0.5) is 0 Å². The van der Waals surface area contributed by atoms with Crippen LogP contribution in [0.25, 0.3) is 33.0 Å². The van der Waals surface area contributed by atoms with Crippen LogP contribution in [0.3, 0.4) is 0 Å². The molecule has 11 nitrogen and oxygen atoms in total. The van der Waals surface area contributed by atoms with Gasteiger partial charge in [-0.15, -0.1) is 0 Å². The van der Waals surface area contributed by atoms with Gasteiger partial charge in [-0.1, -0.05) is 84.9 Å². The van der Waals surface area contributed by atoms with E-state index in [0.29, 0.717) is 34.2 Å². The van der Waals surface area contributed by atoms with Crippen LogP contribution in [0.1, 0.15) is 47.6 Å². The molecule has 2 atom stereocenters. The number of halogens is 1. The highest BCUT2D eigenvalue weighted by Crippen LogP contribution is 2.37. The fourth-order valence-electron chi connectivity index (χ4n) is 7.02. The molecule has 0 aliphatic heterocycles. The van der Waals surface area contributed by atoms with Gasteiger partial charge in [0, 0.05) is 43.4 Å². The number of carboxylic acid groups (broad SMARTS) is 2. The monoisotopic (exact) mass is 831 g/mol. The quantitative estimate of drug-likeness (QED) is 0.0309. The van der Waals surface area contributed by atoms with Gasteiger partial charge < -0.3 is 40.5 Å². The first kappa shape index (κ1) is 45.1. The number of aliphatic carboxylic acids is 2. The minimum Gasteiger partial charge on any atom is -0.489 e. The van der Waals surface area contributed by atoms with Crippen LogP contribution in [0.15, 0.2) is 109 Å². The molecule has 0 aliphatic rings. The number of aliphatic hydroxyl groups excluding tert-OH is 2. The lowest BCUT2D eigenvalue weighted by Gasteiger charge is -2.19. The van der Waals surface area contributed by atoms with Crippen molar-refractivity contribution in [3.63, 3.8) is 0 Å². The van der Waals surface area contributed by atoms with Crippen molar-refractivity contribution in [3.8, 4) is 39.8 Å². The Balaban J connectivity index is 1.35. The Kier molecular flexibility index (Phi) is 16.0. The number of fused-ring (bicyclic) bond motifs is 1. The first-order valence-corrected chi connectivity index (χ1v) is 19.9. The molecule has 0 radical (unpaired) electrons. The van der Waals surface area contributed by atoms with Gasteiger partial charge in [-0.3, -0.25) is 9.59 Å². The molecule has 0 fully saturated rings. The summed E-state index contributed by atoms with van der Waals surface area (Å²) in [5.74, 6) is -1.26. The number of hydrogen-bond acceptors (Lipinski definition) is 9. The summed E-state index contributed by atoms with van der Waals surface area (Å²) in [7, 11) is 0. The van der Waals surface area contributed by atoms with E-state index in [-0.39, 0.29) is 45.7 Å². The van der Waals surface area contributed by atoms with Gasteiger partial charge in [0.05, 0.1) is 36.1 Å². The summed E-state index contributed by atoms with van der Waals surface area (Å²) in [5.41, 5.74) is 10.3. The molecule has 5 rings (SSSR count). The Morgan fingerprint density at radius 2 is 1.38 bits per heavy atom. The van der Waals surface area contributed by atoms with E-state index in [2.05, 4.69) is 79.6 Å². The Morgan fingerprint density at radius 1 is 0.783 bits per heavy atom. The fourth-order valence-corrected chi connectivity index (χ4v) is 7.26. The minimum absolute atomic E-state index is 0.0501. The summed E-state index contributed by atoms with van der Waals surface area (Å²) in [5, 5.41) is 55.8. The Labute approximate surface area is 355 Å². The van der Waals surface area contributed by atoms with Gasteiger partial charge in [0.15, 0.2) is 0 Å². The number of carbonyl (C=O) groups is 2. The van der Waals surface area contributed by atoms with Crippen LogP contribution in [0.5, 0.6) is 11.5 Å². The van der Waals surface area contributed by atoms with Gasteiger partial charge in [-0.25, -0.2) is 0 Å². The van der Waals surface area contributed by atoms with Gasteiger partial charge in [0.2, 0.25) is 0 Å². The van der Waals surface area contributed by atoms with Crippen molar-refractivity contribution >= 4 is 34.3 Å². The second-order valence-corrected chi connectivity index (χ2v) is 15.2. The predicted molar refractivity (Wildman–Crippen MR) is 234 cm³/mol. The Hall–Kier alpha value is -6.00. The third-order valence-corrected chi connectivity index (χ3v) is 10.4. The zero-order valence-corrected chi connectivity index (χ0v) is 34.7. The average molecular weight is 832 g/mol. The van der Waals surface area contributed by atoms with Gasteiger partial charge in [-0.05, 0) is 99.8 Å². The zero-order valence-electron chi connectivity index (χ0n) is 33.9. The lowest BCUT2D eigenvalue weighted by molar-refractivity contribution is -0.140. The summed E-state index contributed by atoms with van der Waals surface area (Å²) < 4.78 is 12.5. The normalized spacial score (nSPS) is 12.4. The summed E-state index contributed by atoms with van der Waals surface area (Å²) in [6.07, 6.45) is -1.08. The summed E-state index contributed by atoms with van der Waals surface area (Å²) in [6.45, 7) is 11.1. The van der Waals surface area contributed by atoms with Crippen molar-refractivity contribution in [1.29, 1.82) is 5.26 Å². The first-order valence-electron chi connectivity index (χ1n) is 19.5. The molecule has 0 aromatic heterocycles. The second kappa shape index (κ2) is 21.3.